The highest BCUT2D eigenvalue weighted by Gasteiger charge is 2.38. The lowest BCUT2D eigenvalue weighted by atomic mass is 10.1. The third kappa shape index (κ3) is 3.56. The van der Waals surface area contributed by atoms with Crippen LogP contribution in [0.25, 0.3) is 0 Å². The Balaban J connectivity index is 1.41. The van der Waals surface area contributed by atoms with Crippen LogP contribution in [0.2, 0.25) is 5.02 Å². The molecule has 158 valence electrons. The van der Waals surface area contributed by atoms with E-state index in [-0.39, 0.29) is 28.8 Å². The molecule has 0 spiro atoms. The minimum absolute atomic E-state index is 0.0749. The van der Waals surface area contributed by atoms with E-state index in [1.165, 1.54) is 0 Å². The van der Waals surface area contributed by atoms with Gasteiger partial charge in [-0.2, -0.15) is 13.2 Å². The number of pyridine rings is 1. The number of alkyl halides is 3. The Morgan fingerprint density at radius 2 is 1.80 bits per heavy atom. The maximum absolute atomic E-state index is 12.8. The third-order valence-corrected chi connectivity index (χ3v) is 5.47. The second-order valence-electron chi connectivity index (χ2n) is 7.08. The van der Waals surface area contributed by atoms with Crippen molar-refractivity contribution in [1.29, 1.82) is 0 Å². The predicted octanol–water partition coefficient (Wildman–Crippen LogP) is 2.71. The molecule has 2 aliphatic rings. The molecule has 2 aromatic rings. The molecule has 11 heteroatoms. The lowest BCUT2D eigenvalue weighted by Gasteiger charge is -2.37. The molecule has 0 bridgehead atoms. The van der Waals surface area contributed by atoms with Crippen molar-refractivity contribution >= 4 is 34.9 Å². The zero-order valence-electron chi connectivity index (χ0n) is 15.6. The number of nitrogen functional groups attached to an aromatic ring is 1. The van der Waals surface area contributed by atoms with E-state index >= 15 is 0 Å². The average Bonchev–Trinajstić information content (AvgIpc) is 2.94. The maximum atomic E-state index is 12.8. The van der Waals surface area contributed by atoms with Crippen LogP contribution in [0.4, 0.5) is 24.7 Å². The molecule has 0 aliphatic carbocycles. The van der Waals surface area contributed by atoms with Crippen molar-refractivity contribution in [1.82, 2.24) is 14.8 Å². The normalized spacial score (nSPS) is 17.6. The molecule has 3 heterocycles. The summed E-state index contributed by atoms with van der Waals surface area (Å²) in [6.07, 6.45) is -3.75. The van der Waals surface area contributed by atoms with Gasteiger partial charge in [-0.15, -0.1) is 0 Å². The van der Waals surface area contributed by atoms with E-state index in [2.05, 4.69) is 4.98 Å². The van der Waals surface area contributed by atoms with Gasteiger partial charge in [0.05, 0.1) is 28.4 Å². The number of rotatable bonds is 3. The van der Waals surface area contributed by atoms with Gasteiger partial charge in [-0.05, 0) is 18.2 Å². The molecule has 4 rings (SSSR count). The van der Waals surface area contributed by atoms with Crippen LogP contribution in [-0.4, -0.2) is 59.4 Å². The third-order valence-electron chi connectivity index (χ3n) is 5.19. The first-order chi connectivity index (χ1) is 14.2. The number of amides is 2. The van der Waals surface area contributed by atoms with Gasteiger partial charge < -0.3 is 10.6 Å². The van der Waals surface area contributed by atoms with Crippen LogP contribution >= 0.6 is 11.6 Å². The first-order valence-electron chi connectivity index (χ1n) is 9.11. The number of benzene rings is 1. The molecule has 2 N–H and O–H groups in total. The molecule has 0 atom stereocenters. The molecule has 1 aromatic heterocycles. The first-order valence-corrected chi connectivity index (χ1v) is 9.49. The highest BCUT2D eigenvalue weighted by atomic mass is 35.5. The molecule has 7 nitrogen and oxygen atoms in total. The summed E-state index contributed by atoms with van der Waals surface area (Å²) in [6, 6.07) is 5.64. The zero-order valence-corrected chi connectivity index (χ0v) is 16.4. The number of nitrogens with zero attached hydrogens (tertiary/aromatic N) is 4. The van der Waals surface area contributed by atoms with E-state index in [4.69, 9.17) is 17.3 Å². The number of carbonyl (C=O) groups is 2. The Bertz CT molecular complexity index is 1020. The minimum atomic E-state index is -4.51. The monoisotopic (exact) mass is 439 g/mol. The maximum Gasteiger partial charge on any atom is 0.417 e. The standard InChI is InChI=1S/C19H17ClF3N5O2/c20-13-8-11(19(21,22)23)9-25-16(13)27-6-4-26(5-7-27)10-28-17(29)12-2-1-3-14(24)15(12)18(28)30/h1-3,8-9H,4-7,10,24H2. The highest BCUT2D eigenvalue weighted by molar-refractivity contribution is 6.33. The molecule has 2 aliphatic heterocycles. The molecule has 30 heavy (non-hydrogen) atoms. The summed E-state index contributed by atoms with van der Waals surface area (Å²) in [5.74, 6) is -0.544. The van der Waals surface area contributed by atoms with Gasteiger partial charge in [-0.1, -0.05) is 17.7 Å². The topological polar surface area (TPSA) is 82.8 Å². The predicted molar refractivity (Wildman–Crippen MR) is 104 cm³/mol. The number of imide groups is 1. The lowest BCUT2D eigenvalue weighted by Crippen LogP contribution is -2.51. The van der Waals surface area contributed by atoms with Gasteiger partial charge in [-0.25, -0.2) is 4.98 Å². The van der Waals surface area contributed by atoms with Crippen molar-refractivity contribution in [2.75, 3.05) is 43.5 Å². The van der Waals surface area contributed by atoms with Crippen LogP contribution in [0, 0.1) is 0 Å². The second-order valence-corrected chi connectivity index (χ2v) is 7.49. The zero-order chi connectivity index (χ0) is 21.6. The summed E-state index contributed by atoms with van der Waals surface area (Å²) >= 11 is 6.02. The molecular weight excluding hydrogens is 423 g/mol. The Hall–Kier alpha value is -2.85. The van der Waals surface area contributed by atoms with Gasteiger partial charge >= 0.3 is 6.18 Å². The fourth-order valence-electron chi connectivity index (χ4n) is 3.61. The number of hydrogen-bond donors (Lipinski definition) is 1. The Labute approximate surface area is 174 Å². The molecule has 2 amide bonds. The Kier molecular flexibility index (Phi) is 5.07. The van der Waals surface area contributed by atoms with Gasteiger partial charge in [-0.3, -0.25) is 19.4 Å². The molecule has 1 aromatic carbocycles. The summed E-state index contributed by atoms with van der Waals surface area (Å²) in [5.41, 5.74) is 5.72. The van der Waals surface area contributed by atoms with Crippen LogP contribution < -0.4 is 10.6 Å². The number of aromatic nitrogens is 1. The molecule has 0 unspecified atom stereocenters. The number of nitrogens with two attached hydrogens (primary N) is 1. The summed E-state index contributed by atoms with van der Waals surface area (Å²) in [7, 11) is 0. The summed E-state index contributed by atoms with van der Waals surface area (Å²) in [5, 5.41) is -0.0749. The Morgan fingerprint density at radius 3 is 2.40 bits per heavy atom. The first kappa shape index (κ1) is 20.4. The van der Waals surface area contributed by atoms with Gasteiger partial charge in [0.2, 0.25) is 0 Å². The summed E-state index contributed by atoms with van der Waals surface area (Å²) in [4.78, 5) is 33.9. The largest absolute Gasteiger partial charge is 0.417 e. The smallest absolute Gasteiger partial charge is 0.398 e. The number of carbonyl (C=O) groups excluding carboxylic acids is 2. The van der Waals surface area contributed by atoms with E-state index in [1.54, 1.807) is 23.1 Å². The number of hydrogen-bond acceptors (Lipinski definition) is 6. The molecular formula is C19H17ClF3N5O2. The van der Waals surface area contributed by atoms with E-state index in [0.717, 1.165) is 17.2 Å². The Morgan fingerprint density at radius 1 is 1.10 bits per heavy atom. The van der Waals surface area contributed by atoms with Crippen LogP contribution in [0.3, 0.4) is 0 Å². The van der Waals surface area contributed by atoms with Gasteiger partial charge in [0.15, 0.2) is 0 Å². The highest BCUT2D eigenvalue weighted by Crippen LogP contribution is 2.34. The quantitative estimate of drug-likeness (QED) is 0.585. The molecule has 0 radical (unpaired) electrons. The van der Waals surface area contributed by atoms with E-state index in [9.17, 15) is 22.8 Å². The van der Waals surface area contributed by atoms with Crippen molar-refractivity contribution in [3.05, 3.63) is 52.2 Å². The fraction of sp³-hybridized carbons (Fsp3) is 0.316. The van der Waals surface area contributed by atoms with Crippen LogP contribution in [0.5, 0.6) is 0 Å². The van der Waals surface area contributed by atoms with Crippen molar-refractivity contribution in [2.45, 2.75) is 6.18 Å². The summed E-state index contributed by atoms with van der Waals surface area (Å²) < 4.78 is 38.4. The number of fused-ring (bicyclic) bond motifs is 1. The van der Waals surface area contributed by atoms with Crippen molar-refractivity contribution < 1.29 is 22.8 Å². The van der Waals surface area contributed by atoms with E-state index in [1.807, 2.05) is 4.90 Å². The SMILES string of the molecule is Nc1cccc2c1C(=O)N(CN1CCN(c3ncc(C(F)(F)F)cc3Cl)CC1)C2=O. The lowest BCUT2D eigenvalue weighted by molar-refractivity contribution is -0.137. The van der Waals surface area contributed by atoms with Gasteiger partial charge in [0.25, 0.3) is 11.8 Å². The fourth-order valence-corrected chi connectivity index (χ4v) is 3.89. The van der Waals surface area contributed by atoms with Crippen molar-refractivity contribution in [3.8, 4) is 0 Å². The number of anilines is 2. The van der Waals surface area contributed by atoms with E-state index < -0.39 is 23.6 Å². The summed E-state index contributed by atoms with van der Waals surface area (Å²) in [6.45, 7) is 1.92. The minimum Gasteiger partial charge on any atom is -0.398 e. The van der Waals surface area contributed by atoms with E-state index in [0.29, 0.717) is 31.7 Å². The van der Waals surface area contributed by atoms with Crippen molar-refractivity contribution in [3.63, 3.8) is 0 Å². The van der Waals surface area contributed by atoms with Gasteiger partial charge in [0, 0.05) is 38.1 Å². The average molecular weight is 440 g/mol. The molecule has 1 fully saturated rings. The van der Waals surface area contributed by atoms with Crippen LogP contribution in [0.15, 0.2) is 30.5 Å². The van der Waals surface area contributed by atoms with Gasteiger partial charge in [0.1, 0.15) is 5.82 Å². The van der Waals surface area contributed by atoms with Crippen molar-refractivity contribution in [2.24, 2.45) is 0 Å². The van der Waals surface area contributed by atoms with Crippen LogP contribution in [0.1, 0.15) is 26.3 Å². The second kappa shape index (κ2) is 7.44. The molecule has 1 saturated heterocycles. The molecule has 0 saturated carbocycles. The number of piperazine rings is 1. The number of halogens is 4. The van der Waals surface area contributed by atoms with Crippen LogP contribution in [-0.2, 0) is 6.18 Å².